The first-order valence-corrected chi connectivity index (χ1v) is 6.12. The van der Waals surface area contributed by atoms with Gasteiger partial charge in [0.15, 0.2) is 0 Å². The number of aliphatic hydroxyl groups is 1. The van der Waals surface area contributed by atoms with Crippen molar-refractivity contribution >= 4 is 11.9 Å². The summed E-state index contributed by atoms with van der Waals surface area (Å²) in [7, 11) is 0. The predicted octanol–water partition coefficient (Wildman–Crippen LogP) is 1.43. The van der Waals surface area contributed by atoms with Crippen molar-refractivity contribution < 1.29 is 24.2 Å². The molecule has 0 heterocycles. The smallest absolute Gasteiger partial charge is 0.305 e. The molecule has 0 radical (unpaired) electrons. The summed E-state index contributed by atoms with van der Waals surface area (Å²) in [6.45, 7) is 2.30. The van der Waals surface area contributed by atoms with Crippen molar-refractivity contribution in [3.8, 4) is 0 Å². The zero-order valence-corrected chi connectivity index (χ0v) is 10.4. The van der Waals surface area contributed by atoms with Gasteiger partial charge in [0, 0.05) is 19.4 Å². The fraction of sp³-hybridized carbons (Fsp3) is 0.833. The second-order valence-corrected chi connectivity index (χ2v) is 3.73. The van der Waals surface area contributed by atoms with E-state index in [1.165, 1.54) is 0 Å². The van der Waals surface area contributed by atoms with Gasteiger partial charge in [0.2, 0.25) is 0 Å². The lowest BCUT2D eigenvalue weighted by Crippen LogP contribution is -2.13. The van der Waals surface area contributed by atoms with Gasteiger partial charge in [-0.15, -0.1) is 0 Å². The summed E-state index contributed by atoms with van der Waals surface area (Å²) in [6, 6.07) is 0. The summed E-state index contributed by atoms with van der Waals surface area (Å²) < 4.78 is 9.70. The molecule has 5 heteroatoms. The van der Waals surface area contributed by atoms with Crippen molar-refractivity contribution in [1.82, 2.24) is 0 Å². The summed E-state index contributed by atoms with van der Waals surface area (Å²) in [4.78, 5) is 22.1. The highest BCUT2D eigenvalue weighted by atomic mass is 16.6. The quantitative estimate of drug-likeness (QED) is 0.466. The topological polar surface area (TPSA) is 72.8 Å². The van der Waals surface area contributed by atoms with Crippen molar-refractivity contribution in [3.63, 3.8) is 0 Å². The van der Waals surface area contributed by atoms with Crippen molar-refractivity contribution in [2.75, 3.05) is 19.8 Å². The van der Waals surface area contributed by atoms with Crippen LogP contribution in [0.1, 0.15) is 45.4 Å². The predicted molar refractivity (Wildman–Crippen MR) is 62.4 cm³/mol. The molecule has 0 saturated heterocycles. The minimum atomic E-state index is -0.283. The third-order valence-corrected chi connectivity index (χ3v) is 2.10. The molecular formula is C12H22O5. The zero-order valence-electron chi connectivity index (χ0n) is 10.4. The van der Waals surface area contributed by atoms with Crippen LogP contribution in [0.15, 0.2) is 0 Å². The number of unbranched alkanes of at least 4 members (excludes halogenated alkanes) is 2. The number of esters is 2. The molecule has 0 fully saturated rings. The standard InChI is InChI=1S/C12H22O5/c1-2-6-11(14)16-9-10-17-12(15)7-4-3-5-8-13/h13H,2-10H2,1H3. The first kappa shape index (κ1) is 15.9. The Hall–Kier alpha value is -1.10. The van der Waals surface area contributed by atoms with Crippen LogP contribution in [-0.2, 0) is 19.1 Å². The van der Waals surface area contributed by atoms with Crippen LogP contribution in [0.4, 0.5) is 0 Å². The largest absolute Gasteiger partial charge is 0.462 e. The molecule has 0 aliphatic heterocycles. The van der Waals surface area contributed by atoms with Gasteiger partial charge < -0.3 is 14.6 Å². The number of aliphatic hydroxyl groups excluding tert-OH is 1. The maximum absolute atomic E-state index is 11.2. The second-order valence-electron chi connectivity index (χ2n) is 3.73. The lowest BCUT2D eigenvalue weighted by atomic mass is 10.2. The van der Waals surface area contributed by atoms with Crippen LogP contribution in [0.3, 0.4) is 0 Å². The molecule has 0 rings (SSSR count). The van der Waals surface area contributed by atoms with E-state index in [1.54, 1.807) is 0 Å². The SMILES string of the molecule is CCCC(=O)OCCOC(=O)CCCCCO. The summed E-state index contributed by atoms with van der Waals surface area (Å²) in [5.74, 6) is -0.541. The van der Waals surface area contributed by atoms with Crippen LogP contribution >= 0.6 is 0 Å². The Bertz CT molecular complexity index is 215. The first-order chi connectivity index (χ1) is 8.20. The van der Waals surface area contributed by atoms with Crippen molar-refractivity contribution in [2.45, 2.75) is 45.4 Å². The molecule has 0 spiro atoms. The minimum absolute atomic E-state index is 0.119. The highest BCUT2D eigenvalue weighted by Gasteiger charge is 2.04. The monoisotopic (exact) mass is 246 g/mol. The maximum Gasteiger partial charge on any atom is 0.305 e. The molecule has 1 N–H and O–H groups in total. The van der Waals surface area contributed by atoms with E-state index in [2.05, 4.69) is 0 Å². The van der Waals surface area contributed by atoms with Crippen LogP contribution in [0.2, 0.25) is 0 Å². The summed E-state index contributed by atoms with van der Waals surface area (Å²) >= 11 is 0. The van der Waals surface area contributed by atoms with Gasteiger partial charge in [0.05, 0.1) is 0 Å². The summed E-state index contributed by atoms with van der Waals surface area (Å²) in [6.07, 6.45) is 3.75. The van der Waals surface area contributed by atoms with Gasteiger partial charge in [-0.2, -0.15) is 0 Å². The molecular weight excluding hydrogens is 224 g/mol. The average molecular weight is 246 g/mol. The van der Waals surface area contributed by atoms with Crippen molar-refractivity contribution in [3.05, 3.63) is 0 Å². The van der Waals surface area contributed by atoms with Gasteiger partial charge in [-0.25, -0.2) is 0 Å². The minimum Gasteiger partial charge on any atom is -0.462 e. The average Bonchev–Trinajstić information content (AvgIpc) is 2.31. The second kappa shape index (κ2) is 11.4. The number of carbonyl (C=O) groups excluding carboxylic acids is 2. The molecule has 100 valence electrons. The molecule has 0 aromatic heterocycles. The lowest BCUT2D eigenvalue weighted by Gasteiger charge is -2.05. The van der Waals surface area contributed by atoms with E-state index in [0.717, 1.165) is 19.3 Å². The van der Waals surface area contributed by atoms with E-state index in [0.29, 0.717) is 19.3 Å². The Kier molecular flexibility index (Phi) is 10.7. The van der Waals surface area contributed by atoms with Gasteiger partial charge in [-0.3, -0.25) is 9.59 Å². The van der Waals surface area contributed by atoms with E-state index >= 15 is 0 Å². The van der Waals surface area contributed by atoms with E-state index < -0.39 is 0 Å². The fourth-order valence-corrected chi connectivity index (χ4v) is 1.22. The molecule has 0 bridgehead atoms. The molecule has 0 aliphatic rings. The third kappa shape index (κ3) is 11.2. The van der Waals surface area contributed by atoms with Crippen molar-refractivity contribution in [2.24, 2.45) is 0 Å². The number of hydrogen-bond acceptors (Lipinski definition) is 5. The van der Waals surface area contributed by atoms with Gasteiger partial charge >= 0.3 is 11.9 Å². The Balaban J connectivity index is 3.30. The number of ether oxygens (including phenoxy) is 2. The third-order valence-electron chi connectivity index (χ3n) is 2.10. The molecule has 17 heavy (non-hydrogen) atoms. The van der Waals surface area contributed by atoms with Gasteiger partial charge in [0.25, 0.3) is 0 Å². The molecule has 0 aliphatic carbocycles. The van der Waals surface area contributed by atoms with Crippen LogP contribution < -0.4 is 0 Å². The van der Waals surface area contributed by atoms with E-state index in [1.807, 2.05) is 6.92 Å². The molecule has 0 unspecified atom stereocenters. The van der Waals surface area contributed by atoms with E-state index in [-0.39, 0.29) is 31.8 Å². The zero-order chi connectivity index (χ0) is 12.9. The number of hydrogen-bond donors (Lipinski definition) is 1. The van der Waals surface area contributed by atoms with E-state index in [9.17, 15) is 9.59 Å². The van der Waals surface area contributed by atoms with Crippen LogP contribution in [-0.4, -0.2) is 36.9 Å². The van der Waals surface area contributed by atoms with Crippen molar-refractivity contribution in [1.29, 1.82) is 0 Å². The Labute approximate surface area is 102 Å². The maximum atomic E-state index is 11.2. The van der Waals surface area contributed by atoms with Crippen LogP contribution in [0.25, 0.3) is 0 Å². The molecule has 0 aromatic carbocycles. The first-order valence-electron chi connectivity index (χ1n) is 6.12. The molecule has 0 atom stereocenters. The normalized spacial score (nSPS) is 10.0. The lowest BCUT2D eigenvalue weighted by molar-refractivity contribution is -0.152. The highest BCUT2D eigenvalue weighted by molar-refractivity contribution is 5.70. The molecule has 0 aromatic rings. The summed E-state index contributed by atoms with van der Waals surface area (Å²) in [5, 5.41) is 8.54. The van der Waals surface area contributed by atoms with Crippen LogP contribution in [0.5, 0.6) is 0 Å². The Morgan fingerprint density at radius 3 is 2.06 bits per heavy atom. The number of carbonyl (C=O) groups is 2. The van der Waals surface area contributed by atoms with Crippen LogP contribution in [0, 0.1) is 0 Å². The van der Waals surface area contributed by atoms with Gasteiger partial charge in [-0.05, 0) is 19.3 Å². The fourth-order valence-electron chi connectivity index (χ4n) is 1.22. The van der Waals surface area contributed by atoms with Gasteiger partial charge in [0.1, 0.15) is 13.2 Å². The Morgan fingerprint density at radius 2 is 1.53 bits per heavy atom. The highest BCUT2D eigenvalue weighted by Crippen LogP contribution is 2.00. The molecule has 5 nitrogen and oxygen atoms in total. The summed E-state index contributed by atoms with van der Waals surface area (Å²) in [5.41, 5.74) is 0. The number of rotatable bonds is 10. The Morgan fingerprint density at radius 1 is 0.941 bits per heavy atom. The van der Waals surface area contributed by atoms with Gasteiger partial charge in [-0.1, -0.05) is 13.3 Å². The molecule has 0 saturated carbocycles. The molecule has 0 amide bonds. The van der Waals surface area contributed by atoms with E-state index in [4.69, 9.17) is 14.6 Å².